The number of hydrogen-bond donors (Lipinski definition) is 2. The number of aliphatic hydroxyl groups excluding tert-OH is 2. The first-order valence-corrected chi connectivity index (χ1v) is 14.6. The smallest absolute Gasteiger partial charge is 0.345 e. The van der Waals surface area contributed by atoms with Crippen LogP contribution in [0.15, 0.2) is 64.1 Å². The van der Waals surface area contributed by atoms with Gasteiger partial charge >= 0.3 is 5.63 Å². The van der Waals surface area contributed by atoms with Crippen molar-refractivity contribution in [2.75, 3.05) is 13.7 Å². The summed E-state index contributed by atoms with van der Waals surface area (Å²) in [5.41, 5.74) is -1.03. The molecule has 2 aliphatic heterocycles. The van der Waals surface area contributed by atoms with Crippen molar-refractivity contribution in [2.45, 2.75) is 70.2 Å². The lowest BCUT2D eigenvalue weighted by Crippen LogP contribution is -2.71. The Kier molecular flexibility index (Phi) is 6.33. The Hall–Kier alpha value is -3.24. The maximum absolute atomic E-state index is 13.4. The molecule has 0 radical (unpaired) electrons. The molecule has 0 unspecified atom stereocenters. The summed E-state index contributed by atoms with van der Waals surface area (Å²) < 4.78 is 30.5. The Morgan fingerprint density at radius 1 is 1.07 bits per heavy atom. The van der Waals surface area contributed by atoms with Gasteiger partial charge in [-0.25, -0.2) is 4.79 Å². The SMILES string of the molecule is COc1ccc([C@@H]2OC[C@@]3(C)[C@@H]4C[C@H](O)[C@@]5(C)Oc6cc(-c7cccnc7)oc(=O)c6[C@H](O)[C@@H]5[C@@]4(C)CC[C@@H]3O2)cc1. The van der Waals surface area contributed by atoms with E-state index in [1.54, 1.807) is 37.7 Å². The van der Waals surface area contributed by atoms with E-state index in [1.807, 2.05) is 31.2 Å². The van der Waals surface area contributed by atoms with Gasteiger partial charge in [-0.2, -0.15) is 0 Å². The maximum atomic E-state index is 13.4. The number of pyridine rings is 1. The first kappa shape index (κ1) is 27.6. The lowest BCUT2D eigenvalue weighted by atomic mass is 9.42. The van der Waals surface area contributed by atoms with E-state index in [2.05, 4.69) is 18.8 Å². The Labute approximate surface area is 244 Å². The van der Waals surface area contributed by atoms with Gasteiger partial charge in [0.15, 0.2) is 6.29 Å². The Morgan fingerprint density at radius 3 is 2.57 bits per heavy atom. The lowest BCUT2D eigenvalue weighted by Gasteiger charge is -2.67. The minimum atomic E-state index is -1.18. The van der Waals surface area contributed by atoms with Crippen LogP contribution in [-0.2, 0) is 9.47 Å². The molecule has 9 atom stereocenters. The van der Waals surface area contributed by atoms with E-state index in [0.29, 0.717) is 24.4 Å². The molecule has 3 aromatic rings. The van der Waals surface area contributed by atoms with Crippen LogP contribution in [-0.4, -0.2) is 46.7 Å². The third kappa shape index (κ3) is 3.90. The molecule has 42 heavy (non-hydrogen) atoms. The van der Waals surface area contributed by atoms with Crippen LogP contribution in [0.1, 0.15) is 63.6 Å². The van der Waals surface area contributed by atoms with E-state index in [4.69, 9.17) is 23.4 Å². The first-order valence-electron chi connectivity index (χ1n) is 14.6. The van der Waals surface area contributed by atoms with Gasteiger partial charge in [-0.1, -0.05) is 26.0 Å². The number of hydrogen-bond acceptors (Lipinski definition) is 9. The largest absolute Gasteiger partial charge is 0.497 e. The monoisotopic (exact) mass is 575 g/mol. The van der Waals surface area contributed by atoms with Gasteiger partial charge in [0.1, 0.15) is 28.4 Å². The van der Waals surface area contributed by atoms with Gasteiger partial charge in [0.25, 0.3) is 0 Å². The Balaban J connectivity index is 1.22. The van der Waals surface area contributed by atoms with Gasteiger partial charge in [0.05, 0.1) is 32.0 Å². The summed E-state index contributed by atoms with van der Waals surface area (Å²) in [4.78, 5) is 17.5. The van der Waals surface area contributed by atoms with E-state index < -0.39 is 46.5 Å². The van der Waals surface area contributed by atoms with Crippen LogP contribution < -0.4 is 15.1 Å². The van der Waals surface area contributed by atoms with Crippen molar-refractivity contribution >= 4 is 0 Å². The standard InChI is InChI=1S/C33H37NO8/c1-31-12-11-25-32(2,17-39-30(41-25)18-7-9-20(38-4)10-8-18)23(31)15-24(35)33(3)28(31)27(36)26-22(42-33)14-21(40-29(26)37)19-6-5-13-34-16-19/h5-10,13-14,16,23-25,27-28,30,35-36H,11-12,15,17H2,1-4H3/t23-,24+,25+,27+,28-,30-,31+,32+,33-/m1/s1. The van der Waals surface area contributed by atoms with E-state index in [-0.39, 0.29) is 23.3 Å². The van der Waals surface area contributed by atoms with Crippen LogP contribution in [0.5, 0.6) is 11.5 Å². The second-order valence-corrected chi connectivity index (χ2v) is 13.0. The number of rotatable bonds is 3. The number of fused-ring (bicyclic) bond motifs is 6. The average Bonchev–Trinajstić information content (AvgIpc) is 2.98. The number of methoxy groups -OCH3 is 1. The van der Waals surface area contributed by atoms with Crippen LogP contribution >= 0.6 is 0 Å². The third-order valence-corrected chi connectivity index (χ3v) is 10.8. The van der Waals surface area contributed by atoms with Crippen LogP contribution in [0.25, 0.3) is 11.3 Å². The molecule has 222 valence electrons. The zero-order valence-electron chi connectivity index (χ0n) is 24.3. The lowest BCUT2D eigenvalue weighted by molar-refractivity contribution is -0.330. The van der Waals surface area contributed by atoms with Gasteiger partial charge in [0.2, 0.25) is 0 Å². The quantitative estimate of drug-likeness (QED) is 0.453. The fourth-order valence-electron chi connectivity index (χ4n) is 8.64. The molecule has 4 aliphatic rings. The average molecular weight is 576 g/mol. The Morgan fingerprint density at radius 2 is 1.86 bits per heavy atom. The van der Waals surface area contributed by atoms with Gasteiger partial charge in [-0.15, -0.1) is 0 Å². The van der Waals surface area contributed by atoms with E-state index in [1.165, 1.54) is 0 Å². The predicted octanol–water partition coefficient (Wildman–Crippen LogP) is 4.81. The van der Waals surface area contributed by atoms with E-state index in [9.17, 15) is 15.0 Å². The normalized spacial score (nSPS) is 38.7. The summed E-state index contributed by atoms with van der Waals surface area (Å²) in [5.74, 6) is 0.685. The van der Waals surface area contributed by atoms with Crippen LogP contribution in [0.2, 0.25) is 0 Å². The second kappa shape index (κ2) is 9.64. The summed E-state index contributed by atoms with van der Waals surface area (Å²) in [5, 5.41) is 23.7. The summed E-state index contributed by atoms with van der Waals surface area (Å²) >= 11 is 0. The Bertz CT molecular complexity index is 1540. The number of ether oxygens (including phenoxy) is 4. The molecule has 2 aromatic heterocycles. The zero-order valence-corrected chi connectivity index (χ0v) is 24.3. The van der Waals surface area contributed by atoms with Crippen molar-refractivity contribution < 1.29 is 33.6 Å². The molecule has 0 bridgehead atoms. The van der Waals surface area contributed by atoms with E-state index in [0.717, 1.165) is 24.2 Å². The summed E-state index contributed by atoms with van der Waals surface area (Å²) in [7, 11) is 1.63. The van der Waals surface area contributed by atoms with Crippen LogP contribution in [0.4, 0.5) is 0 Å². The molecular weight excluding hydrogens is 538 g/mol. The summed E-state index contributed by atoms with van der Waals surface area (Å²) in [6.45, 7) is 6.62. The molecule has 1 saturated heterocycles. The molecule has 0 spiro atoms. The fourth-order valence-corrected chi connectivity index (χ4v) is 8.64. The summed E-state index contributed by atoms with van der Waals surface area (Å²) in [6, 6.07) is 12.9. The highest BCUT2D eigenvalue weighted by molar-refractivity contribution is 5.59. The van der Waals surface area contributed by atoms with Gasteiger partial charge < -0.3 is 33.6 Å². The van der Waals surface area contributed by atoms with E-state index >= 15 is 0 Å². The van der Waals surface area contributed by atoms with Gasteiger partial charge in [-0.3, -0.25) is 4.98 Å². The summed E-state index contributed by atoms with van der Waals surface area (Å²) in [6.07, 6.45) is 2.49. The topological polar surface area (TPSA) is 120 Å². The molecule has 7 rings (SSSR count). The van der Waals surface area contributed by atoms with Crippen molar-refractivity contribution in [1.29, 1.82) is 0 Å². The second-order valence-electron chi connectivity index (χ2n) is 13.0. The molecule has 9 nitrogen and oxygen atoms in total. The zero-order chi connectivity index (χ0) is 29.4. The predicted molar refractivity (Wildman–Crippen MR) is 152 cm³/mol. The molecule has 2 aliphatic carbocycles. The van der Waals surface area contributed by atoms with Crippen molar-refractivity contribution in [3.63, 3.8) is 0 Å². The fraction of sp³-hybridized carbons (Fsp3) is 0.515. The van der Waals surface area contributed by atoms with Crippen LogP contribution in [0, 0.1) is 22.7 Å². The van der Waals surface area contributed by atoms with Gasteiger partial charge in [0, 0.05) is 40.9 Å². The van der Waals surface area contributed by atoms with Crippen molar-refractivity contribution in [2.24, 2.45) is 22.7 Å². The molecule has 0 amide bonds. The first-order chi connectivity index (χ1) is 20.1. The molecule has 9 heteroatoms. The van der Waals surface area contributed by atoms with Crippen LogP contribution in [0.3, 0.4) is 0 Å². The molecule has 2 saturated carbocycles. The molecular formula is C33H37NO8. The molecule has 1 aromatic carbocycles. The maximum Gasteiger partial charge on any atom is 0.345 e. The highest BCUT2D eigenvalue weighted by Crippen LogP contribution is 2.68. The third-order valence-electron chi connectivity index (χ3n) is 10.8. The highest BCUT2D eigenvalue weighted by Gasteiger charge is 2.70. The number of aromatic nitrogens is 1. The molecule has 2 N–H and O–H groups in total. The number of nitrogens with zero attached hydrogens (tertiary/aromatic N) is 1. The van der Waals surface area contributed by atoms with Crippen molar-refractivity contribution in [1.82, 2.24) is 4.98 Å². The van der Waals surface area contributed by atoms with Gasteiger partial charge in [-0.05, 0) is 61.8 Å². The number of benzene rings is 1. The van der Waals surface area contributed by atoms with Crippen molar-refractivity contribution in [3.05, 3.63) is 76.4 Å². The minimum Gasteiger partial charge on any atom is -0.497 e. The minimum absolute atomic E-state index is 0.0600. The molecule has 3 fully saturated rings. The highest BCUT2D eigenvalue weighted by atomic mass is 16.7. The molecule has 4 heterocycles. The number of aliphatic hydroxyl groups is 2. The van der Waals surface area contributed by atoms with Crippen molar-refractivity contribution in [3.8, 4) is 22.8 Å².